The second kappa shape index (κ2) is 5.10. The first-order chi connectivity index (χ1) is 4.83. The lowest BCUT2D eigenvalue weighted by Gasteiger charge is -1.95. The number of hydrogen-bond donors (Lipinski definition) is 1. The Labute approximate surface area is 72.0 Å². The summed E-state index contributed by atoms with van der Waals surface area (Å²) in [6.07, 6.45) is 0. The van der Waals surface area contributed by atoms with Crippen molar-refractivity contribution in [2.24, 2.45) is 0 Å². The van der Waals surface area contributed by atoms with Gasteiger partial charge in [0.15, 0.2) is 0 Å². The van der Waals surface area contributed by atoms with Gasteiger partial charge in [-0.2, -0.15) is 0 Å². The Morgan fingerprint density at radius 3 is 2.73 bits per heavy atom. The first kappa shape index (κ1) is 10.4. The van der Waals surface area contributed by atoms with Crippen LogP contribution in [0.1, 0.15) is 5.56 Å². The summed E-state index contributed by atoms with van der Waals surface area (Å²) >= 11 is 0. The second-order valence-corrected chi connectivity index (χ2v) is 2.24. The highest BCUT2D eigenvalue weighted by Crippen LogP contribution is 2.00. The van der Waals surface area contributed by atoms with Crippen molar-refractivity contribution < 1.29 is 22.1 Å². The number of rotatable bonds is 2. The van der Waals surface area contributed by atoms with Crippen molar-refractivity contribution in [3.05, 3.63) is 35.6 Å². The van der Waals surface area contributed by atoms with Crippen molar-refractivity contribution in [1.29, 1.82) is 0 Å². The molecule has 0 saturated carbocycles. The molecule has 1 rings (SSSR count). The van der Waals surface area contributed by atoms with E-state index in [9.17, 15) is 4.39 Å². The van der Waals surface area contributed by atoms with Crippen LogP contribution in [0.3, 0.4) is 0 Å². The number of benzene rings is 1. The monoisotopic (exact) mass is 175 g/mol. The summed E-state index contributed by atoms with van der Waals surface area (Å²) in [6.45, 7) is 0.845. The van der Waals surface area contributed by atoms with E-state index in [2.05, 4.69) is 0 Å². The van der Waals surface area contributed by atoms with E-state index < -0.39 is 0 Å². The molecule has 0 aliphatic heterocycles. The van der Waals surface area contributed by atoms with E-state index >= 15 is 0 Å². The molecule has 3 heteroatoms. The van der Waals surface area contributed by atoms with Crippen molar-refractivity contribution in [3.63, 3.8) is 0 Å². The van der Waals surface area contributed by atoms with E-state index in [0.717, 1.165) is 12.1 Å². The van der Waals surface area contributed by atoms with Crippen molar-refractivity contribution in [2.45, 2.75) is 6.54 Å². The van der Waals surface area contributed by atoms with Gasteiger partial charge in [-0.15, -0.1) is 0 Å². The molecule has 1 aromatic carbocycles. The van der Waals surface area contributed by atoms with Gasteiger partial charge in [-0.3, -0.25) is 0 Å². The zero-order valence-corrected chi connectivity index (χ0v) is 7.11. The van der Waals surface area contributed by atoms with Crippen molar-refractivity contribution in [3.8, 4) is 0 Å². The van der Waals surface area contributed by atoms with Gasteiger partial charge in [0.25, 0.3) is 0 Å². The maximum absolute atomic E-state index is 12.5. The summed E-state index contributed by atoms with van der Waals surface area (Å²) in [5.74, 6) is -0.153. The molecule has 1 aromatic rings. The molecule has 0 aliphatic carbocycles. The summed E-state index contributed by atoms with van der Waals surface area (Å²) < 4.78 is 12.5. The topological polar surface area (TPSA) is 16.6 Å². The maximum atomic E-state index is 12.5. The van der Waals surface area contributed by atoms with Crippen LogP contribution >= 0.6 is 0 Å². The van der Waals surface area contributed by atoms with Gasteiger partial charge in [0.05, 0.1) is 7.05 Å². The third-order valence-corrected chi connectivity index (χ3v) is 1.33. The molecule has 0 heterocycles. The van der Waals surface area contributed by atoms with Crippen LogP contribution in [-0.4, -0.2) is 7.05 Å². The highest BCUT2D eigenvalue weighted by atomic mass is 35.5. The Balaban J connectivity index is 0.000001000. The normalized spacial score (nSPS) is 8.91. The average Bonchev–Trinajstić information content (AvgIpc) is 1.88. The molecule has 0 amide bonds. The second-order valence-electron chi connectivity index (χ2n) is 2.24. The van der Waals surface area contributed by atoms with Crippen LogP contribution in [0, 0.1) is 5.82 Å². The molecule has 0 radical (unpaired) electrons. The molecular weight excluding hydrogens is 165 g/mol. The van der Waals surface area contributed by atoms with Gasteiger partial charge in [-0.1, -0.05) is 12.1 Å². The third kappa shape index (κ3) is 3.35. The van der Waals surface area contributed by atoms with Crippen LogP contribution in [0.4, 0.5) is 4.39 Å². The van der Waals surface area contributed by atoms with Crippen molar-refractivity contribution in [1.82, 2.24) is 0 Å². The highest BCUT2D eigenvalue weighted by Gasteiger charge is 1.93. The van der Waals surface area contributed by atoms with E-state index in [-0.39, 0.29) is 18.2 Å². The smallest absolute Gasteiger partial charge is 0.123 e. The van der Waals surface area contributed by atoms with Crippen molar-refractivity contribution >= 4 is 0 Å². The van der Waals surface area contributed by atoms with Crippen LogP contribution in [0.5, 0.6) is 0 Å². The van der Waals surface area contributed by atoms with Crippen LogP contribution in [-0.2, 0) is 6.54 Å². The van der Waals surface area contributed by atoms with E-state index in [1.54, 1.807) is 12.1 Å². The van der Waals surface area contributed by atoms with Crippen LogP contribution in [0.15, 0.2) is 24.3 Å². The van der Waals surface area contributed by atoms with Gasteiger partial charge in [-0.05, 0) is 12.1 Å². The van der Waals surface area contributed by atoms with Crippen LogP contribution in [0.2, 0.25) is 0 Å². The predicted molar refractivity (Wildman–Crippen MR) is 38.0 cm³/mol. The van der Waals surface area contributed by atoms with E-state index in [0.29, 0.717) is 0 Å². The molecule has 0 bridgehead atoms. The Bertz CT molecular complexity index is 215. The quantitative estimate of drug-likeness (QED) is 0.513. The molecule has 11 heavy (non-hydrogen) atoms. The van der Waals surface area contributed by atoms with E-state index in [1.165, 1.54) is 6.07 Å². The molecule has 0 atom stereocenters. The molecule has 0 spiro atoms. The van der Waals surface area contributed by atoms with Gasteiger partial charge >= 0.3 is 0 Å². The lowest BCUT2D eigenvalue weighted by molar-refractivity contribution is -0.643. The largest absolute Gasteiger partial charge is 1.00 e. The Morgan fingerprint density at radius 1 is 1.45 bits per heavy atom. The van der Waals surface area contributed by atoms with Crippen molar-refractivity contribution in [2.75, 3.05) is 7.05 Å². The molecule has 62 valence electrons. The summed E-state index contributed by atoms with van der Waals surface area (Å²) in [7, 11) is 1.96. The SMILES string of the molecule is C[NH2+]Cc1cccc(F)c1.[Cl-]. The zero-order chi connectivity index (χ0) is 7.40. The van der Waals surface area contributed by atoms with Crippen LogP contribution < -0.4 is 17.7 Å². The Morgan fingerprint density at radius 2 is 2.18 bits per heavy atom. The van der Waals surface area contributed by atoms with E-state index in [1.807, 2.05) is 18.4 Å². The minimum Gasteiger partial charge on any atom is -1.00 e. The standard InChI is InChI=1S/C8H10FN.ClH/c1-10-6-7-3-2-4-8(9)5-7;/h2-5,10H,6H2,1H3;1H. The number of hydrogen-bond acceptors (Lipinski definition) is 0. The van der Waals surface area contributed by atoms with Gasteiger partial charge in [0.2, 0.25) is 0 Å². The summed E-state index contributed by atoms with van der Waals surface area (Å²) in [5, 5.41) is 2.01. The third-order valence-electron chi connectivity index (χ3n) is 1.33. The number of quaternary nitrogens is 1. The molecule has 0 aliphatic rings. The predicted octanol–water partition coefficient (Wildman–Crippen LogP) is -2.48. The summed E-state index contributed by atoms with van der Waals surface area (Å²) in [6, 6.07) is 6.66. The lowest BCUT2D eigenvalue weighted by atomic mass is 10.2. The number of halogens is 2. The van der Waals surface area contributed by atoms with E-state index in [4.69, 9.17) is 0 Å². The van der Waals surface area contributed by atoms with Gasteiger partial charge in [0, 0.05) is 5.56 Å². The molecule has 0 fully saturated rings. The Kier molecular flexibility index (Phi) is 4.83. The fraction of sp³-hybridized carbons (Fsp3) is 0.250. The lowest BCUT2D eigenvalue weighted by Crippen LogP contribution is -3.00. The van der Waals surface area contributed by atoms with Gasteiger partial charge < -0.3 is 17.7 Å². The molecule has 2 N–H and O–H groups in total. The van der Waals surface area contributed by atoms with Crippen LogP contribution in [0.25, 0.3) is 0 Å². The minimum atomic E-state index is -0.153. The van der Waals surface area contributed by atoms with Gasteiger partial charge in [0.1, 0.15) is 12.4 Å². The highest BCUT2D eigenvalue weighted by molar-refractivity contribution is 5.14. The van der Waals surface area contributed by atoms with Gasteiger partial charge in [-0.25, -0.2) is 4.39 Å². The summed E-state index contributed by atoms with van der Waals surface area (Å²) in [5.41, 5.74) is 1.03. The fourth-order valence-corrected chi connectivity index (χ4v) is 0.900. The molecule has 0 unspecified atom stereocenters. The first-order valence-electron chi connectivity index (χ1n) is 3.35. The molecule has 1 nitrogen and oxygen atoms in total. The molecule has 0 aromatic heterocycles. The minimum absolute atomic E-state index is 0. The molecular formula is C8H11ClFN. The zero-order valence-electron chi connectivity index (χ0n) is 6.35. The average molecular weight is 176 g/mol. The Hall–Kier alpha value is -0.600. The first-order valence-corrected chi connectivity index (χ1v) is 3.35. The maximum Gasteiger partial charge on any atom is 0.123 e. The number of nitrogens with two attached hydrogens (primary N) is 1. The fourth-order valence-electron chi connectivity index (χ4n) is 0.900. The summed E-state index contributed by atoms with van der Waals surface area (Å²) in [4.78, 5) is 0. The molecule has 0 saturated heterocycles.